The van der Waals surface area contributed by atoms with Gasteiger partial charge >= 0.3 is 5.97 Å². The molecular formula is C18H20N6O3. The number of carbonyl (C=O) groups is 1. The summed E-state index contributed by atoms with van der Waals surface area (Å²) in [7, 11) is 0. The number of aryl methyl sites for hydroxylation is 1. The van der Waals surface area contributed by atoms with Crippen molar-refractivity contribution in [3.8, 4) is 5.75 Å². The fourth-order valence-corrected chi connectivity index (χ4v) is 3.35. The van der Waals surface area contributed by atoms with Gasteiger partial charge in [0.05, 0.1) is 11.6 Å². The molecule has 3 aromatic rings. The van der Waals surface area contributed by atoms with Gasteiger partial charge in [-0.15, -0.1) is 0 Å². The lowest BCUT2D eigenvalue weighted by molar-refractivity contribution is -0.157. The molecule has 0 saturated carbocycles. The highest BCUT2D eigenvalue weighted by Crippen LogP contribution is 2.33. The number of aromatic amines is 1. The molecule has 0 aliphatic carbocycles. The molecule has 9 heteroatoms. The summed E-state index contributed by atoms with van der Waals surface area (Å²) in [5.41, 5.74) is 6.18. The minimum Gasteiger partial charge on any atom is -0.478 e. The zero-order valence-electron chi connectivity index (χ0n) is 14.8. The molecule has 1 aliphatic rings. The van der Waals surface area contributed by atoms with Crippen LogP contribution in [0.15, 0.2) is 30.5 Å². The van der Waals surface area contributed by atoms with Gasteiger partial charge in [0, 0.05) is 25.9 Å². The largest absolute Gasteiger partial charge is 0.478 e. The van der Waals surface area contributed by atoms with E-state index in [4.69, 9.17) is 10.5 Å². The van der Waals surface area contributed by atoms with Crippen molar-refractivity contribution in [1.82, 2.24) is 20.2 Å². The van der Waals surface area contributed by atoms with Crippen LogP contribution in [0.2, 0.25) is 0 Å². The van der Waals surface area contributed by atoms with Gasteiger partial charge in [-0.05, 0) is 19.1 Å². The van der Waals surface area contributed by atoms with Crippen molar-refractivity contribution in [2.24, 2.45) is 0 Å². The summed E-state index contributed by atoms with van der Waals surface area (Å²) in [6.07, 6.45) is 2.28. The second kappa shape index (κ2) is 6.42. The molecule has 0 atom stereocenters. The number of piperidine rings is 1. The van der Waals surface area contributed by atoms with Crippen LogP contribution < -0.4 is 15.4 Å². The van der Waals surface area contributed by atoms with Crippen molar-refractivity contribution in [1.29, 1.82) is 0 Å². The Hall–Kier alpha value is -3.36. The van der Waals surface area contributed by atoms with Crippen LogP contribution in [0.3, 0.4) is 0 Å². The average Bonchev–Trinajstić information content (AvgIpc) is 3.12. The van der Waals surface area contributed by atoms with Crippen molar-refractivity contribution in [2.75, 3.05) is 23.7 Å². The van der Waals surface area contributed by atoms with Crippen molar-refractivity contribution in [3.63, 3.8) is 0 Å². The molecule has 1 aliphatic heterocycles. The number of anilines is 2. The Bertz CT molecular complexity index is 976. The number of nitrogens with one attached hydrogen (secondary N) is 1. The number of rotatable bonds is 4. The number of aromatic nitrogens is 4. The molecule has 1 saturated heterocycles. The fraction of sp³-hybridized carbons (Fsp3) is 0.333. The van der Waals surface area contributed by atoms with Gasteiger partial charge in [0.1, 0.15) is 11.6 Å². The molecule has 0 spiro atoms. The van der Waals surface area contributed by atoms with Crippen molar-refractivity contribution >= 4 is 28.8 Å². The Morgan fingerprint density at radius 1 is 1.26 bits per heavy atom. The summed E-state index contributed by atoms with van der Waals surface area (Å²) >= 11 is 0. The number of hydrogen-bond acceptors (Lipinski definition) is 7. The van der Waals surface area contributed by atoms with E-state index in [9.17, 15) is 9.90 Å². The molecule has 3 heterocycles. The molecule has 0 radical (unpaired) electrons. The molecule has 2 aromatic heterocycles. The van der Waals surface area contributed by atoms with E-state index < -0.39 is 11.6 Å². The molecule has 1 fully saturated rings. The molecule has 9 nitrogen and oxygen atoms in total. The third-order valence-corrected chi connectivity index (χ3v) is 4.90. The summed E-state index contributed by atoms with van der Waals surface area (Å²) in [6, 6.07) is 7.40. The van der Waals surface area contributed by atoms with Crippen LogP contribution in [0, 0.1) is 6.92 Å². The lowest BCUT2D eigenvalue weighted by atomic mass is 9.91. The van der Waals surface area contributed by atoms with Crippen molar-refractivity contribution in [3.05, 3.63) is 36.0 Å². The van der Waals surface area contributed by atoms with Gasteiger partial charge in [-0.2, -0.15) is 15.1 Å². The monoisotopic (exact) mass is 368 g/mol. The SMILES string of the molecule is Cc1ccc(OC2(C(=O)O)CCN(c3nc(N)nc4[nH]ncc34)CC2)cc1. The quantitative estimate of drug-likeness (QED) is 0.635. The predicted octanol–water partition coefficient (Wildman–Crippen LogP) is 1.75. The van der Waals surface area contributed by atoms with E-state index in [1.165, 1.54) is 0 Å². The minimum atomic E-state index is -1.26. The van der Waals surface area contributed by atoms with Gasteiger partial charge in [-0.1, -0.05) is 17.7 Å². The summed E-state index contributed by atoms with van der Waals surface area (Å²) in [5.74, 6) is 0.395. The number of nitrogens with two attached hydrogens (primary N) is 1. The minimum absolute atomic E-state index is 0.146. The first-order valence-electron chi connectivity index (χ1n) is 8.67. The van der Waals surface area contributed by atoms with Crippen LogP contribution in [-0.4, -0.2) is 49.9 Å². The van der Waals surface area contributed by atoms with Crippen LogP contribution >= 0.6 is 0 Å². The fourth-order valence-electron chi connectivity index (χ4n) is 3.35. The van der Waals surface area contributed by atoms with Gasteiger partial charge in [0.25, 0.3) is 0 Å². The molecular weight excluding hydrogens is 348 g/mol. The maximum atomic E-state index is 12.0. The lowest BCUT2D eigenvalue weighted by Gasteiger charge is -2.39. The molecule has 27 heavy (non-hydrogen) atoms. The Balaban J connectivity index is 1.57. The highest BCUT2D eigenvalue weighted by atomic mass is 16.5. The van der Waals surface area contributed by atoms with Crippen LogP contribution in [0.4, 0.5) is 11.8 Å². The number of aliphatic carboxylic acids is 1. The van der Waals surface area contributed by atoms with Crippen LogP contribution in [-0.2, 0) is 4.79 Å². The molecule has 140 valence electrons. The second-order valence-corrected chi connectivity index (χ2v) is 6.74. The molecule has 0 bridgehead atoms. The standard InChI is InChI=1S/C18H20N6O3/c1-11-2-4-12(5-3-11)27-18(16(25)26)6-8-24(9-7-18)15-13-10-20-23-14(13)21-17(19)22-15/h2-5,10H,6-9H2,1H3,(H,25,26)(H3,19,20,21,22,23). The smallest absolute Gasteiger partial charge is 0.348 e. The summed E-state index contributed by atoms with van der Waals surface area (Å²) in [6.45, 7) is 2.91. The number of carboxylic acids is 1. The number of nitrogen functional groups attached to an aromatic ring is 1. The van der Waals surface area contributed by atoms with E-state index >= 15 is 0 Å². The zero-order valence-corrected chi connectivity index (χ0v) is 14.8. The average molecular weight is 368 g/mol. The summed E-state index contributed by atoms with van der Waals surface area (Å²) < 4.78 is 5.94. The molecule has 0 amide bonds. The molecule has 0 unspecified atom stereocenters. The topological polar surface area (TPSA) is 130 Å². The van der Waals surface area contributed by atoms with E-state index in [2.05, 4.69) is 20.2 Å². The third-order valence-electron chi connectivity index (χ3n) is 4.90. The predicted molar refractivity (Wildman–Crippen MR) is 99.7 cm³/mol. The highest BCUT2D eigenvalue weighted by Gasteiger charge is 2.44. The number of H-pyrrole nitrogens is 1. The van der Waals surface area contributed by atoms with E-state index in [0.29, 0.717) is 43.1 Å². The van der Waals surface area contributed by atoms with Crippen LogP contribution in [0.25, 0.3) is 11.0 Å². The van der Waals surface area contributed by atoms with E-state index in [1.54, 1.807) is 18.3 Å². The first kappa shape index (κ1) is 17.1. The Labute approximate surface area is 155 Å². The molecule has 1 aromatic carbocycles. The van der Waals surface area contributed by atoms with E-state index in [-0.39, 0.29) is 5.95 Å². The van der Waals surface area contributed by atoms with Gasteiger partial charge in [-0.25, -0.2) is 4.79 Å². The highest BCUT2D eigenvalue weighted by molar-refractivity contribution is 5.87. The Morgan fingerprint density at radius 2 is 1.96 bits per heavy atom. The number of ether oxygens (including phenoxy) is 1. The number of hydrogen-bond donors (Lipinski definition) is 3. The van der Waals surface area contributed by atoms with E-state index in [0.717, 1.165) is 10.9 Å². The van der Waals surface area contributed by atoms with Gasteiger partial charge < -0.3 is 20.5 Å². The second-order valence-electron chi connectivity index (χ2n) is 6.74. The maximum absolute atomic E-state index is 12.0. The van der Waals surface area contributed by atoms with Gasteiger partial charge in [-0.3, -0.25) is 5.10 Å². The summed E-state index contributed by atoms with van der Waals surface area (Å²) in [4.78, 5) is 22.4. The Kier molecular flexibility index (Phi) is 4.06. The maximum Gasteiger partial charge on any atom is 0.348 e. The number of nitrogens with zero attached hydrogens (tertiary/aromatic N) is 4. The molecule has 4 rings (SSSR count). The van der Waals surface area contributed by atoms with Crippen molar-refractivity contribution in [2.45, 2.75) is 25.4 Å². The lowest BCUT2D eigenvalue weighted by Crippen LogP contribution is -2.53. The third kappa shape index (κ3) is 3.12. The first-order valence-corrected chi connectivity index (χ1v) is 8.67. The van der Waals surface area contributed by atoms with Gasteiger partial charge in [0.15, 0.2) is 5.65 Å². The van der Waals surface area contributed by atoms with Gasteiger partial charge in [0.2, 0.25) is 11.5 Å². The normalized spacial score (nSPS) is 16.4. The summed E-state index contributed by atoms with van der Waals surface area (Å²) in [5, 5.41) is 17.4. The van der Waals surface area contributed by atoms with Crippen LogP contribution in [0.5, 0.6) is 5.75 Å². The number of fused-ring (bicyclic) bond motifs is 1. The first-order chi connectivity index (χ1) is 13.0. The number of carboxylic acid groups (broad SMARTS) is 1. The zero-order chi connectivity index (χ0) is 19.0. The van der Waals surface area contributed by atoms with Crippen molar-refractivity contribution < 1.29 is 14.6 Å². The van der Waals surface area contributed by atoms with Crippen LogP contribution in [0.1, 0.15) is 18.4 Å². The number of benzene rings is 1. The molecule has 4 N–H and O–H groups in total. The van der Waals surface area contributed by atoms with E-state index in [1.807, 2.05) is 24.0 Å². The Morgan fingerprint density at radius 3 is 2.63 bits per heavy atom.